The van der Waals surface area contributed by atoms with Crippen LogP contribution in [0.4, 0.5) is 0 Å². The van der Waals surface area contributed by atoms with Crippen LogP contribution < -0.4 is 5.73 Å². The fraction of sp³-hybridized carbons (Fsp3) is 0.714. The lowest BCUT2D eigenvalue weighted by atomic mass is 9.85. The van der Waals surface area contributed by atoms with E-state index in [1.54, 1.807) is 0 Å². The fourth-order valence-corrected chi connectivity index (χ4v) is 3.74. The molecule has 0 unspecified atom stereocenters. The van der Waals surface area contributed by atoms with Gasteiger partial charge >= 0.3 is 0 Å². The van der Waals surface area contributed by atoms with Crippen molar-refractivity contribution in [1.29, 1.82) is 0 Å². The summed E-state index contributed by atoms with van der Waals surface area (Å²) in [7, 11) is 0. The number of hydrogen-bond acceptors (Lipinski definition) is 6. The van der Waals surface area contributed by atoms with Gasteiger partial charge in [-0.2, -0.15) is 4.68 Å². The molecule has 7 heteroatoms. The summed E-state index contributed by atoms with van der Waals surface area (Å²) in [5.41, 5.74) is 7.81. The van der Waals surface area contributed by atoms with Gasteiger partial charge in [-0.15, -0.1) is 15.3 Å². The molecule has 1 saturated carbocycles. The summed E-state index contributed by atoms with van der Waals surface area (Å²) in [4.78, 5) is 0. The standard InChI is InChI=1S/C14H22N6S/c1-10-16-18-14(21-10)20-13(12(9-15)17-19-20)8-7-11-5-3-2-4-6-11/h11H,2-9,15H2,1H3. The van der Waals surface area contributed by atoms with E-state index in [2.05, 4.69) is 20.5 Å². The predicted molar refractivity (Wildman–Crippen MR) is 82.4 cm³/mol. The van der Waals surface area contributed by atoms with E-state index in [1.807, 2.05) is 11.6 Å². The number of aryl methyl sites for hydroxylation is 1. The van der Waals surface area contributed by atoms with Gasteiger partial charge in [0.05, 0.1) is 11.4 Å². The molecule has 2 aromatic rings. The van der Waals surface area contributed by atoms with Gasteiger partial charge in [0.25, 0.3) is 0 Å². The Kier molecular flexibility index (Phi) is 4.60. The summed E-state index contributed by atoms with van der Waals surface area (Å²) in [5.74, 6) is 0.837. The Labute approximate surface area is 128 Å². The molecule has 0 amide bonds. The van der Waals surface area contributed by atoms with Crippen molar-refractivity contribution in [2.24, 2.45) is 11.7 Å². The molecule has 1 aliphatic carbocycles. The van der Waals surface area contributed by atoms with Gasteiger partial charge in [-0.1, -0.05) is 48.7 Å². The highest BCUT2D eigenvalue weighted by Gasteiger charge is 2.19. The molecule has 2 heterocycles. The quantitative estimate of drug-likeness (QED) is 0.917. The summed E-state index contributed by atoms with van der Waals surface area (Å²) >= 11 is 1.54. The molecule has 0 bridgehead atoms. The van der Waals surface area contributed by atoms with Crippen LogP contribution in [-0.2, 0) is 13.0 Å². The SMILES string of the molecule is Cc1nnc(-n2nnc(CN)c2CCC2CCCCC2)s1. The van der Waals surface area contributed by atoms with Gasteiger partial charge in [-0.05, 0) is 25.7 Å². The van der Waals surface area contributed by atoms with E-state index in [0.717, 1.165) is 33.9 Å². The molecule has 0 spiro atoms. The summed E-state index contributed by atoms with van der Waals surface area (Å²) in [5, 5.41) is 18.4. The Bertz CT molecular complexity index is 584. The molecular weight excluding hydrogens is 284 g/mol. The molecule has 6 nitrogen and oxygen atoms in total. The Morgan fingerprint density at radius 2 is 2.00 bits per heavy atom. The van der Waals surface area contributed by atoms with Crippen LogP contribution in [0.3, 0.4) is 0 Å². The van der Waals surface area contributed by atoms with Gasteiger partial charge in [0, 0.05) is 6.54 Å². The third-order valence-corrected chi connectivity index (χ3v) is 5.06. The first-order chi connectivity index (χ1) is 10.3. The maximum absolute atomic E-state index is 5.81. The zero-order valence-corrected chi connectivity index (χ0v) is 13.3. The van der Waals surface area contributed by atoms with Crippen molar-refractivity contribution in [2.45, 2.75) is 58.4 Å². The zero-order valence-electron chi connectivity index (χ0n) is 12.5. The molecule has 0 aromatic carbocycles. The lowest BCUT2D eigenvalue weighted by Gasteiger charge is -2.21. The largest absolute Gasteiger partial charge is 0.325 e. The third-order valence-electron chi connectivity index (χ3n) is 4.25. The van der Waals surface area contributed by atoms with Crippen molar-refractivity contribution in [3.63, 3.8) is 0 Å². The van der Waals surface area contributed by atoms with Crippen molar-refractivity contribution in [2.75, 3.05) is 0 Å². The summed E-state index contributed by atoms with van der Waals surface area (Å²) in [6, 6.07) is 0. The molecule has 3 rings (SSSR count). The normalized spacial score (nSPS) is 16.5. The van der Waals surface area contributed by atoms with Crippen molar-refractivity contribution in [3.05, 3.63) is 16.4 Å². The molecule has 0 atom stereocenters. The fourth-order valence-electron chi connectivity index (χ4n) is 3.08. The second kappa shape index (κ2) is 6.62. The summed E-state index contributed by atoms with van der Waals surface area (Å²) in [6.45, 7) is 2.38. The van der Waals surface area contributed by atoms with E-state index in [0.29, 0.717) is 6.54 Å². The molecule has 1 fully saturated rings. The van der Waals surface area contributed by atoms with Gasteiger partial charge < -0.3 is 5.73 Å². The first-order valence-corrected chi connectivity index (χ1v) is 8.53. The van der Waals surface area contributed by atoms with Crippen LogP contribution in [0, 0.1) is 12.8 Å². The van der Waals surface area contributed by atoms with Crippen LogP contribution in [0.25, 0.3) is 5.13 Å². The second-order valence-electron chi connectivity index (χ2n) is 5.75. The number of nitrogens with zero attached hydrogens (tertiary/aromatic N) is 5. The minimum atomic E-state index is 0.428. The summed E-state index contributed by atoms with van der Waals surface area (Å²) < 4.78 is 1.83. The van der Waals surface area contributed by atoms with Gasteiger partial charge in [-0.25, -0.2) is 0 Å². The van der Waals surface area contributed by atoms with Crippen molar-refractivity contribution >= 4 is 11.3 Å². The van der Waals surface area contributed by atoms with Gasteiger partial charge in [0.1, 0.15) is 5.01 Å². The van der Waals surface area contributed by atoms with Crippen LogP contribution in [0.1, 0.15) is 54.9 Å². The molecule has 114 valence electrons. The highest BCUT2D eigenvalue weighted by molar-refractivity contribution is 7.13. The van der Waals surface area contributed by atoms with E-state index < -0.39 is 0 Å². The molecular formula is C14H22N6S. The van der Waals surface area contributed by atoms with Crippen LogP contribution in [-0.4, -0.2) is 25.2 Å². The lowest BCUT2D eigenvalue weighted by molar-refractivity contribution is 0.337. The van der Waals surface area contributed by atoms with Crippen LogP contribution >= 0.6 is 11.3 Å². The van der Waals surface area contributed by atoms with Gasteiger partial charge in [-0.3, -0.25) is 0 Å². The van der Waals surface area contributed by atoms with E-state index >= 15 is 0 Å². The maximum Gasteiger partial charge on any atom is 0.234 e. The Hall–Kier alpha value is -1.34. The van der Waals surface area contributed by atoms with Crippen molar-refractivity contribution < 1.29 is 0 Å². The van der Waals surface area contributed by atoms with Crippen LogP contribution in [0.15, 0.2) is 0 Å². The lowest BCUT2D eigenvalue weighted by Crippen LogP contribution is -2.11. The second-order valence-corrected chi connectivity index (χ2v) is 6.91. The molecule has 2 aromatic heterocycles. The number of hydrogen-bond donors (Lipinski definition) is 1. The molecule has 21 heavy (non-hydrogen) atoms. The molecule has 0 radical (unpaired) electrons. The molecule has 2 N–H and O–H groups in total. The highest BCUT2D eigenvalue weighted by atomic mass is 32.1. The molecule has 0 aliphatic heterocycles. The topological polar surface area (TPSA) is 82.5 Å². The Balaban J connectivity index is 1.77. The summed E-state index contributed by atoms with van der Waals surface area (Å²) in [6.07, 6.45) is 9.03. The number of aromatic nitrogens is 5. The smallest absolute Gasteiger partial charge is 0.234 e. The number of nitrogens with two attached hydrogens (primary N) is 1. The minimum Gasteiger partial charge on any atom is -0.325 e. The van der Waals surface area contributed by atoms with E-state index in [4.69, 9.17) is 5.73 Å². The Morgan fingerprint density at radius 3 is 2.67 bits per heavy atom. The zero-order chi connectivity index (χ0) is 14.7. The number of rotatable bonds is 5. The first kappa shape index (κ1) is 14.6. The predicted octanol–water partition coefficient (Wildman–Crippen LogP) is 2.40. The van der Waals surface area contributed by atoms with Gasteiger partial charge in [0.15, 0.2) is 0 Å². The van der Waals surface area contributed by atoms with Crippen LogP contribution in [0.5, 0.6) is 0 Å². The average Bonchev–Trinajstić information content (AvgIpc) is 3.11. The van der Waals surface area contributed by atoms with E-state index in [-0.39, 0.29) is 0 Å². The molecule has 1 aliphatic rings. The highest BCUT2D eigenvalue weighted by Crippen LogP contribution is 2.28. The molecule has 0 saturated heterocycles. The first-order valence-electron chi connectivity index (χ1n) is 7.72. The maximum atomic E-state index is 5.81. The third kappa shape index (κ3) is 3.29. The minimum absolute atomic E-state index is 0.428. The monoisotopic (exact) mass is 306 g/mol. The Morgan fingerprint density at radius 1 is 1.19 bits per heavy atom. The van der Waals surface area contributed by atoms with Crippen molar-refractivity contribution in [1.82, 2.24) is 25.2 Å². The van der Waals surface area contributed by atoms with Crippen molar-refractivity contribution in [3.8, 4) is 5.13 Å². The van der Waals surface area contributed by atoms with E-state index in [1.165, 1.54) is 49.9 Å². The average molecular weight is 306 g/mol. The van der Waals surface area contributed by atoms with Crippen LogP contribution in [0.2, 0.25) is 0 Å². The van der Waals surface area contributed by atoms with Gasteiger partial charge in [0.2, 0.25) is 5.13 Å². The van der Waals surface area contributed by atoms with E-state index in [9.17, 15) is 0 Å².